The molecule has 0 unspecified atom stereocenters. The van der Waals surface area contributed by atoms with Gasteiger partial charge in [-0.25, -0.2) is 0 Å². The molecule has 110 valence electrons. The van der Waals surface area contributed by atoms with Gasteiger partial charge in [-0.2, -0.15) is 0 Å². The fourth-order valence-corrected chi connectivity index (χ4v) is 2.45. The number of fused-ring (bicyclic) bond motifs is 3. The summed E-state index contributed by atoms with van der Waals surface area (Å²) in [7, 11) is 4.61. The number of halogens is 1. The Balaban J connectivity index is 0.000000693. The molecule has 4 aromatic rings. The van der Waals surface area contributed by atoms with Crippen LogP contribution in [0.2, 0.25) is 0 Å². The number of aromatic nitrogens is 2. The van der Waals surface area contributed by atoms with E-state index < -0.39 is 0 Å². The molecule has 0 aliphatic heterocycles. The van der Waals surface area contributed by atoms with Gasteiger partial charge in [0.1, 0.15) is 0 Å². The summed E-state index contributed by atoms with van der Waals surface area (Å²) in [5.74, 6) is 0. The van der Waals surface area contributed by atoms with Crippen molar-refractivity contribution in [1.82, 2.24) is 9.97 Å². The number of pyridine rings is 2. The Morgan fingerprint density at radius 3 is 2.36 bits per heavy atom. The monoisotopic (exact) mass is 485 g/mol. The summed E-state index contributed by atoms with van der Waals surface area (Å²) in [6.07, 6.45) is 3.62. The molecule has 0 atom stereocenters. The molecular weight excluding hydrogens is 475 g/mol. The molecule has 4 rings (SSSR count). The van der Waals surface area contributed by atoms with E-state index in [-0.39, 0.29) is 0 Å². The third-order valence-corrected chi connectivity index (χ3v) is 3.44. The van der Waals surface area contributed by atoms with Gasteiger partial charge in [0.25, 0.3) is 0 Å². The maximum Gasteiger partial charge on any atom is 0.0183 e. The summed E-state index contributed by atoms with van der Waals surface area (Å²) < 4.78 is 0. The van der Waals surface area contributed by atoms with Crippen molar-refractivity contribution >= 4 is 31.1 Å². The van der Waals surface area contributed by atoms with Crippen LogP contribution >= 0.6 is 9.42 Å². The minimum absolute atomic E-state index is 0.933. The molecule has 2 aromatic carbocycles. The summed E-state index contributed by atoms with van der Waals surface area (Å²) in [5, 5.41) is 3.33. The van der Waals surface area contributed by atoms with E-state index in [1.165, 1.54) is 0 Å². The predicted molar refractivity (Wildman–Crippen MR) is 87.2 cm³/mol. The van der Waals surface area contributed by atoms with Crippen LogP contribution in [0.4, 0.5) is 0 Å². The second kappa shape index (κ2) is 7.00. The van der Waals surface area contributed by atoms with Crippen LogP contribution in [0.3, 0.4) is 0 Å². The zero-order valence-corrected chi connectivity index (χ0v) is 14.5. The zero-order chi connectivity index (χ0) is 15.4. The summed E-state index contributed by atoms with van der Waals surface area (Å²) in [6, 6.07) is 21.8. The smallest absolute Gasteiger partial charge is 0.0183 e. The number of nitrogens with zero attached hydrogens (tertiary/aromatic N) is 2. The third kappa shape index (κ3) is 2.90. The van der Waals surface area contributed by atoms with Crippen molar-refractivity contribution < 1.29 is 18.8 Å². The van der Waals surface area contributed by atoms with Gasteiger partial charge in [-0.15, -0.1) is 18.2 Å². The Bertz CT molecular complexity index is 910. The molecule has 0 aliphatic carbocycles. The Morgan fingerprint density at radius 2 is 1.55 bits per heavy atom. The second-order valence-corrected chi connectivity index (χ2v) is 4.69. The van der Waals surface area contributed by atoms with Crippen molar-refractivity contribution in [3.8, 4) is 11.3 Å². The molecule has 0 N–H and O–H groups in total. The molecule has 0 amide bonds. The molecule has 22 heavy (non-hydrogen) atoms. The van der Waals surface area contributed by atoms with Crippen molar-refractivity contribution in [1.29, 1.82) is 0 Å². The minimum Gasteiger partial charge on any atom is -0.295 e. The van der Waals surface area contributed by atoms with Crippen LogP contribution in [-0.4, -0.2) is 9.97 Å². The first-order chi connectivity index (χ1) is 10.9. The number of rotatable bonds is 1. The summed E-state index contributed by atoms with van der Waals surface area (Å²) in [5.41, 5.74) is 2.92. The quantitative estimate of drug-likeness (QED) is 0.282. The number of benzene rings is 2. The van der Waals surface area contributed by atoms with E-state index in [1.54, 1.807) is 25.0 Å². The van der Waals surface area contributed by atoms with Gasteiger partial charge in [-0.05, 0) is 17.5 Å². The van der Waals surface area contributed by atoms with Crippen molar-refractivity contribution in [3.63, 3.8) is 0 Å². The molecule has 0 saturated carbocycles. The van der Waals surface area contributed by atoms with Gasteiger partial charge in [0.2, 0.25) is 0 Å². The van der Waals surface area contributed by atoms with Crippen molar-refractivity contribution in [2.24, 2.45) is 0 Å². The standard InChI is InChI=1S/C18H11N2.ClH.Pt/c1-2-10-19-17(5-1)15-9-7-13-6-8-14-4-3-11-20-18(14)16(13)12-15;;/h1-11H;1H;/q-1;;+2/p-1. The van der Waals surface area contributed by atoms with Gasteiger partial charge in [-0.1, -0.05) is 46.7 Å². The number of hydrogen-bond donors (Lipinski definition) is 0. The van der Waals surface area contributed by atoms with Gasteiger partial charge >= 0.3 is 28.2 Å². The minimum atomic E-state index is 0.933. The molecule has 0 bridgehead atoms. The Hall–Kier alpha value is -1.76. The summed E-state index contributed by atoms with van der Waals surface area (Å²) in [4.78, 5) is 8.88. The van der Waals surface area contributed by atoms with E-state index in [9.17, 15) is 0 Å². The van der Waals surface area contributed by atoms with Crippen LogP contribution in [0, 0.1) is 6.07 Å². The molecule has 2 heterocycles. The van der Waals surface area contributed by atoms with E-state index >= 15 is 0 Å². The first kappa shape index (κ1) is 15.1. The molecule has 0 saturated heterocycles. The largest absolute Gasteiger partial charge is 0.295 e. The van der Waals surface area contributed by atoms with Gasteiger partial charge < -0.3 is 0 Å². The first-order valence-corrected chi connectivity index (χ1v) is 9.46. The molecule has 0 fully saturated rings. The van der Waals surface area contributed by atoms with Crippen molar-refractivity contribution in [3.05, 3.63) is 73.1 Å². The van der Waals surface area contributed by atoms with Gasteiger partial charge in [0.05, 0.1) is 0 Å². The summed E-state index contributed by atoms with van der Waals surface area (Å²) >= 11 is 1.61. The molecule has 0 radical (unpaired) electrons. The van der Waals surface area contributed by atoms with Crippen LogP contribution in [0.15, 0.2) is 67.0 Å². The van der Waals surface area contributed by atoms with Gasteiger partial charge in [0.15, 0.2) is 0 Å². The average molecular weight is 486 g/mol. The first-order valence-electron chi connectivity index (χ1n) is 6.65. The van der Waals surface area contributed by atoms with E-state index in [0.717, 1.165) is 32.9 Å². The van der Waals surface area contributed by atoms with Crippen LogP contribution in [0.1, 0.15) is 0 Å². The average Bonchev–Trinajstić information content (AvgIpc) is 2.63. The molecule has 2 aromatic heterocycles. The Morgan fingerprint density at radius 1 is 0.773 bits per heavy atom. The van der Waals surface area contributed by atoms with Crippen LogP contribution in [0.5, 0.6) is 0 Å². The maximum absolute atomic E-state index is 4.61. The van der Waals surface area contributed by atoms with Crippen molar-refractivity contribution in [2.45, 2.75) is 0 Å². The molecule has 0 spiro atoms. The molecule has 0 aliphatic rings. The van der Waals surface area contributed by atoms with Crippen LogP contribution in [-0.2, 0) is 18.8 Å². The SMILES string of the molecule is [Cl][Pt+].[c-]1c(-c2ccccn2)ccc2ccc3cccnc3c12. The van der Waals surface area contributed by atoms with Crippen LogP contribution in [0.25, 0.3) is 32.9 Å². The van der Waals surface area contributed by atoms with Crippen molar-refractivity contribution in [2.75, 3.05) is 0 Å². The normalized spacial score (nSPS) is 10.3. The Kier molecular flexibility index (Phi) is 4.82. The maximum atomic E-state index is 4.61. The van der Waals surface area contributed by atoms with E-state index in [1.807, 2.05) is 30.5 Å². The molecule has 2 nitrogen and oxygen atoms in total. The topological polar surface area (TPSA) is 25.8 Å². The second-order valence-electron chi connectivity index (χ2n) is 4.69. The fraction of sp³-hybridized carbons (Fsp3) is 0. The van der Waals surface area contributed by atoms with E-state index in [4.69, 9.17) is 0 Å². The fourth-order valence-electron chi connectivity index (χ4n) is 2.45. The Labute approximate surface area is 144 Å². The zero-order valence-electron chi connectivity index (χ0n) is 11.4. The number of hydrogen-bond acceptors (Lipinski definition) is 2. The van der Waals surface area contributed by atoms with E-state index in [2.05, 4.69) is 55.8 Å². The van der Waals surface area contributed by atoms with Gasteiger partial charge in [0, 0.05) is 23.6 Å². The van der Waals surface area contributed by atoms with E-state index in [0.29, 0.717) is 0 Å². The third-order valence-electron chi connectivity index (χ3n) is 3.44. The van der Waals surface area contributed by atoms with Gasteiger partial charge in [-0.3, -0.25) is 9.97 Å². The molecular formula is C18H11ClN2Pt. The van der Waals surface area contributed by atoms with Crippen LogP contribution < -0.4 is 0 Å². The predicted octanol–water partition coefficient (Wildman–Crippen LogP) is 4.94. The summed E-state index contributed by atoms with van der Waals surface area (Å²) in [6.45, 7) is 0. The molecule has 4 heteroatoms.